The average molecular weight is 553 g/mol. The molecule has 0 atom stereocenters. The first-order chi connectivity index (χ1) is 18.4. The van der Waals surface area contributed by atoms with Crippen LogP contribution in [0.25, 0.3) is 10.1 Å². The molecule has 200 valence electrons. The molecule has 9 heteroatoms. The van der Waals surface area contributed by atoms with E-state index >= 15 is 0 Å². The number of esters is 1. The van der Waals surface area contributed by atoms with E-state index in [2.05, 4.69) is 40.6 Å². The van der Waals surface area contributed by atoms with Crippen LogP contribution in [0.15, 0.2) is 48.6 Å². The molecule has 0 bridgehead atoms. The number of benzene rings is 2. The lowest BCUT2D eigenvalue weighted by Crippen LogP contribution is -2.47. The number of nitrogens with zero attached hydrogens (tertiary/aromatic N) is 4. The Bertz CT molecular complexity index is 1350. The maximum Gasteiger partial charge on any atom is 0.307 e. The lowest BCUT2D eigenvalue weighted by molar-refractivity contribution is -0.144. The van der Waals surface area contributed by atoms with Gasteiger partial charge in [0.15, 0.2) is 6.73 Å². The summed E-state index contributed by atoms with van der Waals surface area (Å²) in [5.41, 5.74) is 3.76. The number of anilines is 2. The number of halogens is 1. The number of hydrogen-bond acceptors (Lipinski definition) is 7. The number of allylic oxidation sites excluding steroid dienone is 1. The largest absolute Gasteiger partial charge is 0.444 e. The molecule has 1 fully saturated rings. The fourth-order valence-corrected chi connectivity index (χ4v) is 6.13. The Labute approximate surface area is 232 Å². The highest BCUT2D eigenvalue weighted by atomic mass is 35.5. The summed E-state index contributed by atoms with van der Waals surface area (Å²) in [6.07, 6.45) is 2.92. The summed E-state index contributed by atoms with van der Waals surface area (Å²) >= 11 is 8.22. The third kappa shape index (κ3) is 6.03. The molecule has 7 nitrogen and oxygen atoms in total. The summed E-state index contributed by atoms with van der Waals surface area (Å²) < 4.78 is 11.3. The Balaban J connectivity index is 1.13. The lowest BCUT2D eigenvalue weighted by Gasteiger charge is -2.35. The molecule has 0 aliphatic carbocycles. The van der Waals surface area contributed by atoms with Gasteiger partial charge in [-0.3, -0.25) is 19.4 Å². The second-order valence-corrected chi connectivity index (χ2v) is 11.3. The quantitative estimate of drug-likeness (QED) is 0.246. The summed E-state index contributed by atoms with van der Waals surface area (Å²) in [6.45, 7) is 10.4. The monoisotopic (exact) mass is 552 g/mol. The Morgan fingerprint density at radius 3 is 2.74 bits per heavy atom. The van der Waals surface area contributed by atoms with Gasteiger partial charge >= 0.3 is 5.97 Å². The van der Waals surface area contributed by atoms with E-state index in [1.54, 1.807) is 11.5 Å². The summed E-state index contributed by atoms with van der Waals surface area (Å²) in [6, 6.07) is 12.3. The molecule has 2 aliphatic rings. The SMILES string of the molecule is C=C(C)CCCC(=O)OCN1C(=O)Cc2cc(CCN3CCN(c4nsc5ccccc45)CC3)c(Cl)cc21. The van der Waals surface area contributed by atoms with Crippen molar-refractivity contribution in [2.45, 2.75) is 39.0 Å². The molecule has 2 aromatic carbocycles. The molecular formula is C29H33ClN4O3S. The van der Waals surface area contributed by atoms with Gasteiger partial charge < -0.3 is 9.64 Å². The number of piperazine rings is 1. The van der Waals surface area contributed by atoms with Gasteiger partial charge in [-0.1, -0.05) is 35.4 Å². The van der Waals surface area contributed by atoms with Crippen molar-refractivity contribution in [2.75, 3.05) is 49.3 Å². The molecule has 3 aromatic rings. The minimum Gasteiger partial charge on any atom is -0.444 e. The van der Waals surface area contributed by atoms with E-state index in [0.29, 0.717) is 24.3 Å². The first-order valence-electron chi connectivity index (χ1n) is 13.1. The van der Waals surface area contributed by atoms with Gasteiger partial charge in [-0.2, -0.15) is 4.37 Å². The predicted octanol–water partition coefficient (Wildman–Crippen LogP) is 5.45. The molecule has 2 aliphatic heterocycles. The van der Waals surface area contributed by atoms with Gasteiger partial charge in [0, 0.05) is 49.6 Å². The van der Waals surface area contributed by atoms with Gasteiger partial charge in [-0.25, -0.2) is 0 Å². The molecular weight excluding hydrogens is 520 g/mol. The second-order valence-electron chi connectivity index (χ2n) is 10.1. The van der Waals surface area contributed by atoms with Gasteiger partial charge in [-0.05, 0) is 67.0 Å². The molecule has 0 radical (unpaired) electrons. The average Bonchev–Trinajstić information content (AvgIpc) is 3.46. The number of fused-ring (bicyclic) bond motifs is 2. The normalized spacial score (nSPS) is 15.8. The summed E-state index contributed by atoms with van der Waals surface area (Å²) in [4.78, 5) is 31.1. The van der Waals surface area contributed by atoms with E-state index in [1.807, 2.05) is 19.1 Å². The van der Waals surface area contributed by atoms with Crippen molar-refractivity contribution in [1.82, 2.24) is 9.27 Å². The van der Waals surface area contributed by atoms with Crippen molar-refractivity contribution in [1.29, 1.82) is 0 Å². The fourth-order valence-electron chi connectivity index (χ4n) is 5.08. The zero-order valence-corrected chi connectivity index (χ0v) is 23.3. The van der Waals surface area contributed by atoms with Crippen molar-refractivity contribution in [3.05, 3.63) is 64.7 Å². The lowest BCUT2D eigenvalue weighted by atomic mass is 10.1. The zero-order valence-electron chi connectivity index (χ0n) is 21.7. The topological polar surface area (TPSA) is 66.0 Å². The van der Waals surface area contributed by atoms with E-state index in [0.717, 1.165) is 73.8 Å². The smallest absolute Gasteiger partial charge is 0.307 e. The standard InChI is InChI=1S/C29H33ClN4O3S/c1-20(2)6-5-9-28(36)37-19-34-25-18-24(30)21(16-22(25)17-27(34)35)10-11-32-12-14-33(15-13-32)29-23-7-3-4-8-26(23)38-31-29/h3-4,7-8,16,18H,1,5-6,9-15,17,19H2,2H3. The van der Waals surface area contributed by atoms with Crippen LogP contribution in [0.4, 0.5) is 11.5 Å². The van der Waals surface area contributed by atoms with E-state index in [4.69, 9.17) is 20.7 Å². The molecule has 0 unspecified atom stereocenters. The molecule has 38 heavy (non-hydrogen) atoms. The van der Waals surface area contributed by atoms with Crippen LogP contribution < -0.4 is 9.80 Å². The van der Waals surface area contributed by atoms with Crippen LogP contribution in [0.3, 0.4) is 0 Å². The number of carbonyl (C=O) groups excluding carboxylic acids is 2. The van der Waals surface area contributed by atoms with Crippen LogP contribution >= 0.6 is 23.1 Å². The summed E-state index contributed by atoms with van der Waals surface area (Å²) in [5.74, 6) is 0.714. The predicted molar refractivity (Wildman–Crippen MR) is 154 cm³/mol. The molecule has 0 N–H and O–H groups in total. The number of amides is 1. The maximum atomic E-state index is 12.6. The number of rotatable bonds is 10. The fraction of sp³-hybridized carbons (Fsp3) is 0.414. The minimum absolute atomic E-state index is 0.0753. The number of hydrogen-bond donors (Lipinski definition) is 0. The third-order valence-electron chi connectivity index (χ3n) is 7.25. The Kier molecular flexibility index (Phi) is 8.31. The zero-order chi connectivity index (χ0) is 26.6. The van der Waals surface area contributed by atoms with E-state index in [9.17, 15) is 9.59 Å². The van der Waals surface area contributed by atoms with E-state index < -0.39 is 0 Å². The molecule has 5 rings (SSSR count). The van der Waals surface area contributed by atoms with Crippen molar-refractivity contribution >= 4 is 56.6 Å². The third-order valence-corrected chi connectivity index (χ3v) is 8.42. The first-order valence-corrected chi connectivity index (χ1v) is 14.3. The molecule has 1 saturated heterocycles. The molecule has 1 amide bonds. The number of aromatic nitrogens is 1. The van der Waals surface area contributed by atoms with Crippen LogP contribution in [0.5, 0.6) is 0 Å². The second kappa shape index (κ2) is 11.8. The Morgan fingerprint density at radius 1 is 1.16 bits per heavy atom. The molecule has 3 heterocycles. The Hall–Kier alpha value is -2.94. The molecule has 1 aromatic heterocycles. The van der Waals surface area contributed by atoms with Crippen LogP contribution in [0, 0.1) is 0 Å². The van der Waals surface area contributed by atoms with Gasteiger partial charge in [-0.15, -0.1) is 6.58 Å². The van der Waals surface area contributed by atoms with Gasteiger partial charge in [0.2, 0.25) is 5.91 Å². The van der Waals surface area contributed by atoms with Crippen LogP contribution in [-0.2, 0) is 27.2 Å². The van der Waals surface area contributed by atoms with Gasteiger partial charge in [0.1, 0.15) is 5.82 Å². The highest BCUT2D eigenvalue weighted by molar-refractivity contribution is 7.13. The van der Waals surface area contributed by atoms with Gasteiger partial charge in [0.05, 0.1) is 16.8 Å². The first kappa shape index (κ1) is 26.7. The van der Waals surface area contributed by atoms with Crippen LogP contribution in [0.2, 0.25) is 5.02 Å². The van der Waals surface area contributed by atoms with Crippen molar-refractivity contribution in [3.8, 4) is 0 Å². The molecule has 0 spiro atoms. The Morgan fingerprint density at radius 2 is 1.95 bits per heavy atom. The van der Waals surface area contributed by atoms with Gasteiger partial charge in [0.25, 0.3) is 0 Å². The number of ether oxygens (including phenoxy) is 1. The maximum absolute atomic E-state index is 12.6. The highest BCUT2D eigenvalue weighted by Crippen LogP contribution is 2.34. The minimum atomic E-state index is -0.307. The van der Waals surface area contributed by atoms with Crippen molar-refractivity contribution in [2.24, 2.45) is 0 Å². The van der Waals surface area contributed by atoms with Crippen molar-refractivity contribution in [3.63, 3.8) is 0 Å². The van der Waals surface area contributed by atoms with Crippen LogP contribution in [-0.4, -0.2) is 60.6 Å². The van der Waals surface area contributed by atoms with Crippen molar-refractivity contribution < 1.29 is 14.3 Å². The molecule has 0 saturated carbocycles. The highest BCUT2D eigenvalue weighted by Gasteiger charge is 2.29. The number of carbonyl (C=O) groups is 2. The summed E-state index contributed by atoms with van der Waals surface area (Å²) in [5, 5.41) is 1.88. The van der Waals surface area contributed by atoms with Crippen LogP contribution in [0.1, 0.15) is 37.3 Å². The summed E-state index contributed by atoms with van der Waals surface area (Å²) in [7, 11) is 0. The van der Waals surface area contributed by atoms with E-state index in [1.165, 1.54) is 15.0 Å². The van der Waals surface area contributed by atoms with E-state index in [-0.39, 0.29) is 18.6 Å².